The van der Waals surface area contributed by atoms with Crippen molar-refractivity contribution < 1.29 is 47.5 Å². The molecule has 13 heteroatoms. The molecular weight excluding hydrogens is 406 g/mol. The number of aromatic hydroxyl groups is 1. The number of nitrogens with zero attached hydrogens (tertiary/aromatic N) is 1. The first-order chi connectivity index (χ1) is 12.6. The number of phenols is 1. The minimum Gasteiger partial charge on any atom is -0.508 e. The van der Waals surface area contributed by atoms with Gasteiger partial charge in [0, 0.05) is 6.42 Å². The molecule has 0 amide bonds. The molecule has 0 radical (unpaired) electrons. The van der Waals surface area contributed by atoms with Crippen LogP contribution in [-0.4, -0.2) is 80.0 Å². The van der Waals surface area contributed by atoms with E-state index in [1.54, 1.807) is 6.07 Å². The zero-order valence-electron chi connectivity index (χ0n) is 13.7. The first-order valence-electron chi connectivity index (χ1n) is 7.58. The second-order valence-corrected chi connectivity index (χ2v) is 7.83. The van der Waals surface area contributed by atoms with Crippen LogP contribution in [0.15, 0.2) is 29.4 Å². The summed E-state index contributed by atoms with van der Waals surface area (Å²) in [5, 5.41) is 51.6. The van der Waals surface area contributed by atoms with Crippen molar-refractivity contribution in [1.82, 2.24) is 0 Å². The van der Waals surface area contributed by atoms with Gasteiger partial charge in [0.05, 0.1) is 6.61 Å². The molecule has 1 aromatic carbocycles. The minimum absolute atomic E-state index is 0.0552. The van der Waals surface area contributed by atoms with Crippen LogP contribution >= 0.6 is 11.8 Å². The van der Waals surface area contributed by atoms with Gasteiger partial charge in [0.1, 0.15) is 40.6 Å². The molecule has 152 valence electrons. The molecule has 1 heterocycles. The van der Waals surface area contributed by atoms with E-state index in [1.165, 1.54) is 18.2 Å². The molecule has 0 bridgehead atoms. The molecule has 1 fully saturated rings. The molecule has 0 aromatic heterocycles. The SMILES string of the molecule is O=S(=O)(O)ON=C(Cc1cccc(O)c1)SC1OC(CO)C(O)C(O)C1O. The lowest BCUT2D eigenvalue weighted by Crippen LogP contribution is -2.57. The quantitative estimate of drug-likeness (QED) is 0.136. The third-order valence-electron chi connectivity index (χ3n) is 3.60. The Morgan fingerprint density at radius 2 is 1.93 bits per heavy atom. The van der Waals surface area contributed by atoms with Crippen molar-refractivity contribution in [3.05, 3.63) is 29.8 Å². The molecule has 1 aliphatic heterocycles. The predicted octanol–water partition coefficient (Wildman–Crippen LogP) is -1.40. The standard InChI is InChI=1S/C14H19NO10S2/c16-6-9-11(18)12(19)13(20)14(24-9)26-10(15-25-27(21,22)23)5-7-2-1-3-8(17)4-7/h1-4,9,11-14,16-20H,5-6H2,(H,21,22,23). The highest BCUT2D eigenvalue weighted by Gasteiger charge is 2.44. The zero-order valence-corrected chi connectivity index (χ0v) is 15.3. The molecule has 0 aliphatic carbocycles. The van der Waals surface area contributed by atoms with Crippen LogP contribution in [0.4, 0.5) is 0 Å². The molecule has 0 spiro atoms. The maximum Gasteiger partial charge on any atom is 0.466 e. The van der Waals surface area contributed by atoms with Gasteiger partial charge in [-0.25, -0.2) is 4.28 Å². The van der Waals surface area contributed by atoms with Crippen LogP contribution in [0.1, 0.15) is 5.56 Å². The van der Waals surface area contributed by atoms with Gasteiger partial charge in [-0.1, -0.05) is 29.1 Å². The van der Waals surface area contributed by atoms with Gasteiger partial charge in [-0.2, -0.15) is 8.42 Å². The number of ether oxygens (including phenoxy) is 1. The van der Waals surface area contributed by atoms with Gasteiger partial charge in [0.2, 0.25) is 0 Å². The Bertz CT molecular complexity index is 769. The smallest absolute Gasteiger partial charge is 0.466 e. The van der Waals surface area contributed by atoms with Crippen LogP contribution in [-0.2, 0) is 25.8 Å². The summed E-state index contributed by atoms with van der Waals surface area (Å²) >= 11 is 0.653. The van der Waals surface area contributed by atoms with Crippen LogP contribution in [0.25, 0.3) is 0 Å². The Morgan fingerprint density at radius 1 is 1.22 bits per heavy atom. The number of aliphatic hydroxyl groups excluding tert-OH is 4. The molecule has 1 aromatic rings. The van der Waals surface area contributed by atoms with Crippen molar-refractivity contribution in [3.63, 3.8) is 0 Å². The Morgan fingerprint density at radius 3 is 2.52 bits per heavy atom. The summed E-state index contributed by atoms with van der Waals surface area (Å²) in [7, 11) is -4.89. The zero-order chi connectivity index (χ0) is 20.2. The summed E-state index contributed by atoms with van der Waals surface area (Å²) in [6, 6.07) is 5.91. The number of phenolic OH excluding ortho intramolecular Hbond substituents is 1. The normalized spacial score (nSPS) is 29.5. The summed E-state index contributed by atoms with van der Waals surface area (Å²) in [6.45, 7) is -0.636. The Balaban J connectivity index is 2.22. The third-order valence-corrected chi connectivity index (χ3v) is 4.98. The molecule has 5 unspecified atom stereocenters. The van der Waals surface area contributed by atoms with Gasteiger partial charge in [-0.3, -0.25) is 4.55 Å². The lowest BCUT2D eigenvalue weighted by atomic mass is 10.0. The van der Waals surface area contributed by atoms with E-state index in [0.29, 0.717) is 17.3 Å². The molecule has 1 aliphatic rings. The fourth-order valence-corrected chi connectivity index (χ4v) is 3.65. The van der Waals surface area contributed by atoms with Crippen molar-refractivity contribution in [3.8, 4) is 5.75 Å². The molecule has 0 saturated carbocycles. The largest absolute Gasteiger partial charge is 0.508 e. The van der Waals surface area contributed by atoms with Crippen molar-refractivity contribution in [2.45, 2.75) is 36.3 Å². The number of aliphatic hydroxyl groups is 4. The fraction of sp³-hybridized carbons (Fsp3) is 0.500. The van der Waals surface area contributed by atoms with Gasteiger partial charge in [-0.05, 0) is 17.7 Å². The summed E-state index contributed by atoms with van der Waals surface area (Å²) in [5.41, 5.74) is -0.744. The number of hydrogen-bond acceptors (Lipinski definition) is 11. The Hall–Kier alpha value is -1.45. The summed E-state index contributed by atoms with van der Waals surface area (Å²) in [4.78, 5) is 0. The van der Waals surface area contributed by atoms with E-state index in [-0.39, 0.29) is 17.2 Å². The summed E-state index contributed by atoms with van der Waals surface area (Å²) in [6.07, 6.45) is -6.01. The second-order valence-electron chi connectivity index (χ2n) is 5.65. The Kier molecular flexibility index (Phi) is 7.41. The van der Waals surface area contributed by atoms with Crippen molar-refractivity contribution in [2.24, 2.45) is 5.16 Å². The maximum absolute atomic E-state index is 10.8. The Labute approximate surface area is 158 Å². The van der Waals surface area contributed by atoms with Crippen molar-refractivity contribution >= 4 is 27.2 Å². The third kappa shape index (κ3) is 6.29. The van der Waals surface area contributed by atoms with E-state index in [2.05, 4.69) is 9.44 Å². The number of thioether (sulfide) groups is 1. The van der Waals surface area contributed by atoms with E-state index in [4.69, 9.17) is 9.29 Å². The molecule has 11 nitrogen and oxygen atoms in total. The highest BCUT2D eigenvalue weighted by molar-refractivity contribution is 8.14. The van der Waals surface area contributed by atoms with E-state index in [1.807, 2.05) is 0 Å². The molecule has 27 heavy (non-hydrogen) atoms. The maximum atomic E-state index is 10.8. The fourth-order valence-electron chi connectivity index (χ4n) is 2.32. The van der Waals surface area contributed by atoms with E-state index < -0.39 is 46.9 Å². The van der Waals surface area contributed by atoms with Crippen LogP contribution in [0.5, 0.6) is 5.75 Å². The van der Waals surface area contributed by atoms with Gasteiger partial charge in [0.25, 0.3) is 0 Å². The van der Waals surface area contributed by atoms with Gasteiger partial charge in [0.15, 0.2) is 0 Å². The average molecular weight is 425 g/mol. The van der Waals surface area contributed by atoms with Crippen molar-refractivity contribution in [2.75, 3.05) is 6.61 Å². The molecular formula is C14H19NO10S2. The summed E-state index contributed by atoms with van der Waals surface area (Å²) < 4.78 is 39.6. The van der Waals surface area contributed by atoms with E-state index >= 15 is 0 Å². The van der Waals surface area contributed by atoms with Crippen LogP contribution in [0, 0.1) is 0 Å². The number of benzene rings is 1. The number of rotatable bonds is 6. The lowest BCUT2D eigenvalue weighted by Gasteiger charge is -2.39. The molecule has 5 atom stereocenters. The first-order valence-corrected chi connectivity index (χ1v) is 9.83. The van der Waals surface area contributed by atoms with Gasteiger partial charge in [-0.15, -0.1) is 0 Å². The topological polar surface area (TPSA) is 186 Å². The average Bonchev–Trinajstić information content (AvgIpc) is 2.59. The lowest BCUT2D eigenvalue weighted by molar-refractivity contribution is -0.205. The number of oxime groups is 1. The highest BCUT2D eigenvalue weighted by Crippen LogP contribution is 2.30. The van der Waals surface area contributed by atoms with E-state index in [9.17, 15) is 34.0 Å². The monoisotopic (exact) mass is 425 g/mol. The second kappa shape index (κ2) is 9.16. The molecule has 2 rings (SSSR count). The summed E-state index contributed by atoms with van der Waals surface area (Å²) in [5.74, 6) is -0.0552. The predicted molar refractivity (Wildman–Crippen MR) is 93.2 cm³/mol. The van der Waals surface area contributed by atoms with Crippen LogP contribution < -0.4 is 0 Å². The van der Waals surface area contributed by atoms with Crippen LogP contribution in [0.2, 0.25) is 0 Å². The highest BCUT2D eigenvalue weighted by atomic mass is 32.3. The van der Waals surface area contributed by atoms with Gasteiger partial charge >= 0.3 is 10.4 Å². The van der Waals surface area contributed by atoms with Crippen LogP contribution in [0.3, 0.4) is 0 Å². The van der Waals surface area contributed by atoms with E-state index in [0.717, 1.165) is 0 Å². The number of hydrogen-bond donors (Lipinski definition) is 6. The minimum atomic E-state index is -4.89. The molecule has 6 N–H and O–H groups in total. The first kappa shape index (κ1) is 21.8. The van der Waals surface area contributed by atoms with Crippen molar-refractivity contribution in [1.29, 1.82) is 0 Å². The molecule has 1 saturated heterocycles. The van der Waals surface area contributed by atoms with Gasteiger partial charge < -0.3 is 30.3 Å².